The second kappa shape index (κ2) is 6.00. The van der Waals surface area contributed by atoms with E-state index in [1.165, 1.54) is 11.0 Å². The van der Waals surface area contributed by atoms with E-state index < -0.39 is 5.97 Å². The summed E-state index contributed by atoms with van der Waals surface area (Å²) in [6.45, 7) is 6.83. The molecule has 0 fully saturated rings. The Hall–Kier alpha value is -2.11. The van der Waals surface area contributed by atoms with Gasteiger partial charge in [-0.3, -0.25) is 9.59 Å². The molecule has 6 nitrogen and oxygen atoms in total. The van der Waals surface area contributed by atoms with E-state index in [-0.39, 0.29) is 25.4 Å². The van der Waals surface area contributed by atoms with Crippen molar-refractivity contribution in [2.75, 3.05) is 13.1 Å². The van der Waals surface area contributed by atoms with Gasteiger partial charge in [-0.05, 0) is 13.8 Å². The van der Waals surface area contributed by atoms with Crippen LogP contribution in [0, 0.1) is 13.8 Å². The van der Waals surface area contributed by atoms with Gasteiger partial charge in [-0.2, -0.15) is 0 Å². The molecule has 1 heterocycles. The van der Waals surface area contributed by atoms with Crippen LogP contribution in [0.4, 0.5) is 0 Å². The number of carbonyl (C=O) groups is 2. The van der Waals surface area contributed by atoms with Crippen LogP contribution in [0.15, 0.2) is 17.2 Å². The predicted octanol–water partition coefficient (Wildman–Crippen LogP) is 0.933. The number of carboxylic acids is 1. The molecule has 0 spiro atoms. The second-order valence-corrected chi connectivity index (χ2v) is 3.94. The summed E-state index contributed by atoms with van der Waals surface area (Å²) in [5, 5.41) is 12.5. The summed E-state index contributed by atoms with van der Waals surface area (Å²) in [7, 11) is 0. The first-order valence-electron chi connectivity index (χ1n) is 5.48. The van der Waals surface area contributed by atoms with Gasteiger partial charge in [0.15, 0.2) is 0 Å². The summed E-state index contributed by atoms with van der Waals surface area (Å²) in [6.07, 6.45) is 1.58. The topological polar surface area (TPSA) is 83.6 Å². The van der Waals surface area contributed by atoms with Crippen LogP contribution in [0.1, 0.15) is 17.0 Å². The largest absolute Gasteiger partial charge is 0.480 e. The maximum atomic E-state index is 12.0. The monoisotopic (exact) mass is 252 g/mol. The predicted molar refractivity (Wildman–Crippen MR) is 64.1 cm³/mol. The molecule has 1 aromatic heterocycles. The third kappa shape index (κ3) is 3.44. The molecule has 0 atom stereocenters. The lowest BCUT2D eigenvalue weighted by atomic mass is 10.1. The molecule has 98 valence electrons. The minimum absolute atomic E-state index is 0.0856. The molecule has 0 saturated heterocycles. The summed E-state index contributed by atoms with van der Waals surface area (Å²) in [5.74, 6) is -0.759. The lowest BCUT2D eigenvalue weighted by Crippen LogP contribution is -2.36. The third-order valence-electron chi connectivity index (χ3n) is 2.54. The van der Waals surface area contributed by atoms with Crippen molar-refractivity contribution in [3.8, 4) is 0 Å². The van der Waals surface area contributed by atoms with E-state index in [2.05, 4.69) is 11.7 Å². The number of hydrogen-bond acceptors (Lipinski definition) is 4. The van der Waals surface area contributed by atoms with E-state index in [4.69, 9.17) is 9.63 Å². The van der Waals surface area contributed by atoms with Gasteiger partial charge in [-0.1, -0.05) is 11.2 Å². The van der Waals surface area contributed by atoms with Gasteiger partial charge >= 0.3 is 5.97 Å². The van der Waals surface area contributed by atoms with Crippen molar-refractivity contribution in [3.63, 3.8) is 0 Å². The lowest BCUT2D eigenvalue weighted by Gasteiger charge is -2.18. The van der Waals surface area contributed by atoms with Crippen LogP contribution in [0.5, 0.6) is 0 Å². The molecule has 0 aliphatic rings. The Balaban J connectivity index is 2.78. The smallest absolute Gasteiger partial charge is 0.323 e. The molecule has 1 amide bonds. The van der Waals surface area contributed by atoms with Crippen LogP contribution < -0.4 is 0 Å². The summed E-state index contributed by atoms with van der Waals surface area (Å²) >= 11 is 0. The molecule has 0 unspecified atom stereocenters. The highest BCUT2D eigenvalue weighted by molar-refractivity contribution is 5.83. The minimum Gasteiger partial charge on any atom is -0.480 e. The number of aromatic nitrogens is 1. The van der Waals surface area contributed by atoms with Crippen molar-refractivity contribution in [3.05, 3.63) is 29.7 Å². The van der Waals surface area contributed by atoms with Crippen LogP contribution >= 0.6 is 0 Å². The average molecular weight is 252 g/mol. The number of amides is 1. The number of rotatable bonds is 6. The van der Waals surface area contributed by atoms with Gasteiger partial charge < -0.3 is 14.5 Å². The zero-order chi connectivity index (χ0) is 13.7. The van der Waals surface area contributed by atoms with Gasteiger partial charge in [0.25, 0.3) is 0 Å². The van der Waals surface area contributed by atoms with E-state index in [1.807, 2.05) is 0 Å². The van der Waals surface area contributed by atoms with Crippen molar-refractivity contribution < 1.29 is 19.2 Å². The van der Waals surface area contributed by atoms with Crippen LogP contribution in [-0.2, 0) is 16.0 Å². The van der Waals surface area contributed by atoms with E-state index in [0.717, 1.165) is 0 Å². The second-order valence-electron chi connectivity index (χ2n) is 3.94. The summed E-state index contributed by atoms with van der Waals surface area (Å²) in [5.41, 5.74) is 1.36. The number of carboxylic acid groups (broad SMARTS) is 1. The molecule has 0 aliphatic heterocycles. The fourth-order valence-corrected chi connectivity index (χ4v) is 1.59. The minimum atomic E-state index is -1.05. The number of carbonyl (C=O) groups excluding carboxylic acids is 1. The van der Waals surface area contributed by atoms with E-state index in [1.54, 1.807) is 13.8 Å². The van der Waals surface area contributed by atoms with Gasteiger partial charge in [-0.15, -0.1) is 6.58 Å². The van der Waals surface area contributed by atoms with Crippen LogP contribution in [0.3, 0.4) is 0 Å². The molecule has 18 heavy (non-hydrogen) atoms. The van der Waals surface area contributed by atoms with Crippen LogP contribution in [0.25, 0.3) is 0 Å². The number of aryl methyl sites for hydroxylation is 2. The SMILES string of the molecule is C=CCN(CC(=O)O)C(=O)Cc1c(C)noc1C. The molecule has 0 saturated carbocycles. The summed E-state index contributed by atoms with van der Waals surface area (Å²) in [4.78, 5) is 23.9. The van der Waals surface area contributed by atoms with Crippen molar-refractivity contribution in [1.82, 2.24) is 10.1 Å². The van der Waals surface area contributed by atoms with Crippen molar-refractivity contribution in [2.24, 2.45) is 0 Å². The van der Waals surface area contributed by atoms with Crippen LogP contribution in [0.2, 0.25) is 0 Å². The van der Waals surface area contributed by atoms with Crippen molar-refractivity contribution in [2.45, 2.75) is 20.3 Å². The maximum Gasteiger partial charge on any atom is 0.323 e. The standard InChI is InChI=1S/C12H16N2O4/c1-4-5-14(7-12(16)17)11(15)6-10-8(2)13-18-9(10)3/h4H,1,5-7H2,2-3H3,(H,16,17). The van der Waals surface area contributed by atoms with Gasteiger partial charge in [0.2, 0.25) is 5.91 Å². The van der Waals surface area contributed by atoms with E-state index in [9.17, 15) is 9.59 Å². The Morgan fingerprint density at radius 3 is 2.61 bits per heavy atom. The number of aliphatic carboxylic acids is 1. The molecule has 0 bridgehead atoms. The molecule has 6 heteroatoms. The summed E-state index contributed by atoms with van der Waals surface area (Å²) in [6, 6.07) is 0. The van der Waals surface area contributed by atoms with E-state index >= 15 is 0 Å². The first-order valence-corrected chi connectivity index (χ1v) is 5.48. The van der Waals surface area contributed by atoms with E-state index in [0.29, 0.717) is 17.0 Å². The highest BCUT2D eigenvalue weighted by Crippen LogP contribution is 2.14. The Labute approximate surface area is 105 Å². The van der Waals surface area contributed by atoms with Gasteiger partial charge in [0, 0.05) is 12.1 Å². The Morgan fingerprint density at radius 1 is 1.50 bits per heavy atom. The fraction of sp³-hybridized carbons (Fsp3) is 0.417. The highest BCUT2D eigenvalue weighted by atomic mass is 16.5. The Kier molecular flexibility index (Phi) is 4.65. The molecular formula is C12H16N2O4. The first-order chi connectivity index (χ1) is 8.45. The summed E-state index contributed by atoms with van der Waals surface area (Å²) < 4.78 is 4.96. The molecule has 1 N–H and O–H groups in total. The molecule has 0 aromatic carbocycles. The maximum absolute atomic E-state index is 12.0. The lowest BCUT2D eigenvalue weighted by molar-refractivity contribution is -0.143. The fourth-order valence-electron chi connectivity index (χ4n) is 1.59. The Bertz CT molecular complexity index is 445. The highest BCUT2D eigenvalue weighted by Gasteiger charge is 2.19. The van der Waals surface area contributed by atoms with Crippen LogP contribution in [-0.4, -0.2) is 40.1 Å². The zero-order valence-corrected chi connectivity index (χ0v) is 10.5. The molecule has 0 aliphatic carbocycles. The Morgan fingerprint density at radius 2 is 2.17 bits per heavy atom. The quantitative estimate of drug-likeness (QED) is 0.761. The van der Waals surface area contributed by atoms with Crippen molar-refractivity contribution in [1.29, 1.82) is 0 Å². The van der Waals surface area contributed by atoms with Crippen molar-refractivity contribution >= 4 is 11.9 Å². The average Bonchev–Trinajstić information content (AvgIpc) is 2.59. The van der Waals surface area contributed by atoms with Gasteiger partial charge in [0.05, 0.1) is 12.1 Å². The zero-order valence-electron chi connectivity index (χ0n) is 10.5. The normalized spacial score (nSPS) is 10.1. The third-order valence-corrected chi connectivity index (χ3v) is 2.54. The molecule has 1 rings (SSSR count). The first kappa shape index (κ1) is 14.0. The number of nitrogens with zero attached hydrogens (tertiary/aromatic N) is 2. The molecule has 1 aromatic rings. The van der Waals surface area contributed by atoms with Gasteiger partial charge in [0.1, 0.15) is 12.3 Å². The number of hydrogen-bond donors (Lipinski definition) is 1. The molecular weight excluding hydrogens is 236 g/mol. The molecule has 0 radical (unpaired) electrons. The van der Waals surface area contributed by atoms with Gasteiger partial charge in [-0.25, -0.2) is 0 Å².